The number of amides is 1. The van der Waals surface area contributed by atoms with Crippen molar-refractivity contribution in [2.24, 2.45) is 0 Å². The molecule has 0 heterocycles. The molecule has 0 spiro atoms. The summed E-state index contributed by atoms with van der Waals surface area (Å²) in [4.78, 5) is 22.5. The number of nitrogens with zero attached hydrogens (tertiary/aromatic N) is 1. The van der Waals surface area contributed by atoms with Crippen LogP contribution in [0.25, 0.3) is 6.08 Å². The Kier molecular flexibility index (Phi) is 4.64. The largest absolute Gasteiger partial charge is 0.465 e. The van der Waals surface area contributed by atoms with Gasteiger partial charge >= 0.3 is 5.97 Å². The van der Waals surface area contributed by atoms with Gasteiger partial charge in [0.2, 0.25) is 0 Å². The van der Waals surface area contributed by atoms with E-state index in [1.54, 1.807) is 37.4 Å². The van der Waals surface area contributed by atoms with E-state index in [0.29, 0.717) is 11.1 Å². The van der Waals surface area contributed by atoms with Crippen molar-refractivity contribution >= 4 is 18.0 Å². The van der Waals surface area contributed by atoms with Crippen molar-refractivity contribution in [1.29, 1.82) is 5.26 Å². The van der Waals surface area contributed by atoms with Crippen molar-refractivity contribution in [3.63, 3.8) is 0 Å². The van der Waals surface area contributed by atoms with E-state index in [2.05, 4.69) is 10.1 Å². The van der Waals surface area contributed by atoms with Crippen LogP contribution in [0.1, 0.15) is 15.9 Å². The van der Waals surface area contributed by atoms with Crippen molar-refractivity contribution in [3.05, 3.63) is 41.0 Å². The Bertz CT molecular complexity index is 524. The van der Waals surface area contributed by atoms with E-state index in [4.69, 9.17) is 5.26 Å². The molecule has 1 amide bonds. The van der Waals surface area contributed by atoms with Crippen LogP contribution in [0.5, 0.6) is 0 Å². The summed E-state index contributed by atoms with van der Waals surface area (Å²) in [5, 5.41) is 11.3. The number of esters is 1. The molecule has 1 aromatic rings. The zero-order chi connectivity index (χ0) is 13.5. The van der Waals surface area contributed by atoms with Crippen LogP contribution in [0.2, 0.25) is 0 Å². The fraction of sp³-hybridized carbons (Fsp3) is 0.154. The van der Waals surface area contributed by atoms with E-state index < -0.39 is 5.97 Å². The number of ether oxygens (including phenoxy) is 1. The predicted molar refractivity (Wildman–Crippen MR) is 65.4 cm³/mol. The van der Waals surface area contributed by atoms with E-state index in [1.165, 1.54) is 13.2 Å². The number of nitrogens with one attached hydrogen (secondary N) is 1. The summed E-state index contributed by atoms with van der Waals surface area (Å²) in [6.07, 6.45) is 1.40. The maximum atomic E-state index is 11.3. The van der Waals surface area contributed by atoms with Gasteiger partial charge in [0.15, 0.2) is 0 Å². The molecule has 1 N–H and O–H groups in total. The first-order chi connectivity index (χ1) is 8.62. The number of carbonyl (C=O) groups is 2. The van der Waals surface area contributed by atoms with Crippen LogP contribution in [0.15, 0.2) is 29.8 Å². The number of hydrogen-bond acceptors (Lipinski definition) is 4. The van der Waals surface area contributed by atoms with Crippen LogP contribution in [0, 0.1) is 11.3 Å². The molecule has 5 heteroatoms. The number of benzene rings is 1. The minimum atomic E-state index is -0.687. The second-order valence-electron chi connectivity index (χ2n) is 3.36. The van der Waals surface area contributed by atoms with Crippen LogP contribution in [-0.4, -0.2) is 26.0 Å². The third-order valence-corrected chi connectivity index (χ3v) is 2.24. The van der Waals surface area contributed by atoms with Crippen molar-refractivity contribution < 1.29 is 14.3 Å². The molecule has 18 heavy (non-hydrogen) atoms. The summed E-state index contributed by atoms with van der Waals surface area (Å²) in [6.45, 7) is 0. The van der Waals surface area contributed by atoms with E-state index in [0.717, 1.165) is 0 Å². The molecular weight excluding hydrogens is 232 g/mol. The molecule has 0 saturated carbocycles. The number of hydrogen-bond donors (Lipinski definition) is 1. The maximum Gasteiger partial charge on any atom is 0.348 e. The van der Waals surface area contributed by atoms with Gasteiger partial charge in [-0.25, -0.2) is 4.79 Å². The van der Waals surface area contributed by atoms with Crippen molar-refractivity contribution in [1.82, 2.24) is 5.32 Å². The van der Waals surface area contributed by atoms with Gasteiger partial charge in [-0.1, -0.05) is 12.1 Å². The Morgan fingerprint density at radius 3 is 2.39 bits per heavy atom. The minimum Gasteiger partial charge on any atom is -0.465 e. The third kappa shape index (κ3) is 3.19. The minimum absolute atomic E-state index is 0.0924. The number of carbonyl (C=O) groups excluding carboxylic acids is 2. The molecule has 0 aliphatic heterocycles. The highest BCUT2D eigenvalue weighted by Gasteiger charge is 2.08. The smallest absolute Gasteiger partial charge is 0.348 e. The average Bonchev–Trinajstić information content (AvgIpc) is 2.43. The van der Waals surface area contributed by atoms with Crippen molar-refractivity contribution in [2.45, 2.75) is 0 Å². The molecule has 92 valence electrons. The second-order valence-corrected chi connectivity index (χ2v) is 3.36. The lowest BCUT2D eigenvalue weighted by Gasteiger charge is -2.00. The standard InChI is InChI=1S/C13H12N2O3/c1-15-12(16)10-5-3-9(4-6-10)7-11(8-14)13(17)18-2/h3-7H,1-2H3,(H,15,16)/b11-7-. The van der Waals surface area contributed by atoms with Gasteiger partial charge in [0.1, 0.15) is 11.6 Å². The Balaban J connectivity index is 2.99. The van der Waals surface area contributed by atoms with E-state index >= 15 is 0 Å². The molecule has 0 saturated heterocycles. The zero-order valence-electron chi connectivity index (χ0n) is 10.1. The number of rotatable bonds is 3. The zero-order valence-corrected chi connectivity index (χ0v) is 10.1. The summed E-state index contributed by atoms with van der Waals surface area (Å²) in [7, 11) is 2.75. The summed E-state index contributed by atoms with van der Waals surface area (Å²) in [5.41, 5.74) is 1.06. The molecule has 1 aromatic carbocycles. The lowest BCUT2D eigenvalue weighted by Crippen LogP contribution is -2.17. The van der Waals surface area contributed by atoms with Gasteiger partial charge in [-0.15, -0.1) is 0 Å². The highest BCUT2D eigenvalue weighted by Crippen LogP contribution is 2.09. The Labute approximate surface area is 105 Å². The van der Waals surface area contributed by atoms with Crippen molar-refractivity contribution in [2.75, 3.05) is 14.2 Å². The molecular formula is C13H12N2O3. The van der Waals surface area contributed by atoms with Crippen LogP contribution >= 0.6 is 0 Å². The number of nitriles is 1. The highest BCUT2D eigenvalue weighted by molar-refractivity contribution is 5.98. The van der Waals surface area contributed by atoms with Crippen LogP contribution in [0.3, 0.4) is 0 Å². The topological polar surface area (TPSA) is 79.2 Å². The lowest BCUT2D eigenvalue weighted by molar-refractivity contribution is -0.135. The van der Waals surface area contributed by atoms with Crippen LogP contribution in [-0.2, 0) is 9.53 Å². The van der Waals surface area contributed by atoms with Gasteiger partial charge in [0.05, 0.1) is 7.11 Å². The quantitative estimate of drug-likeness (QED) is 0.491. The van der Waals surface area contributed by atoms with E-state index in [1.807, 2.05) is 0 Å². The second kappa shape index (κ2) is 6.21. The number of methoxy groups -OCH3 is 1. The first kappa shape index (κ1) is 13.5. The van der Waals surface area contributed by atoms with Crippen LogP contribution in [0.4, 0.5) is 0 Å². The predicted octanol–water partition coefficient (Wildman–Crippen LogP) is 1.13. The SMILES string of the molecule is CNC(=O)c1ccc(/C=C(/C#N)C(=O)OC)cc1. The first-order valence-electron chi connectivity index (χ1n) is 5.14. The molecule has 0 aliphatic carbocycles. The van der Waals surface area contributed by atoms with Crippen molar-refractivity contribution in [3.8, 4) is 6.07 Å². The summed E-state index contributed by atoms with van der Waals surface area (Å²) in [6, 6.07) is 8.26. The van der Waals surface area contributed by atoms with Crippen LogP contribution < -0.4 is 5.32 Å². The summed E-state index contributed by atoms with van der Waals surface area (Å²) < 4.78 is 4.46. The lowest BCUT2D eigenvalue weighted by atomic mass is 10.1. The van der Waals surface area contributed by atoms with E-state index in [-0.39, 0.29) is 11.5 Å². The monoisotopic (exact) mass is 244 g/mol. The van der Waals surface area contributed by atoms with Gasteiger partial charge in [0, 0.05) is 12.6 Å². The van der Waals surface area contributed by atoms with E-state index in [9.17, 15) is 9.59 Å². The highest BCUT2D eigenvalue weighted by atomic mass is 16.5. The first-order valence-corrected chi connectivity index (χ1v) is 5.14. The molecule has 0 fully saturated rings. The molecule has 0 radical (unpaired) electrons. The van der Waals surface area contributed by atoms with Gasteiger partial charge in [-0.2, -0.15) is 5.26 Å². The maximum absolute atomic E-state index is 11.3. The molecule has 0 aliphatic rings. The fourth-order valence-corrected chi connectivity index (χ4v) is 1.29. The third-order valence-electron chi connectivity index (χ3n) is 2.24. The summed E-state index contributed by atoms with van der Waals surface area (Å²) in [5.74, 6) is -0.883. The molecule has 0 bridgehead atoms. The van der Waals surface area contributed by atoms with Gasteiger partial charge < -0.3 is 10.1 Å². The van der Waals surface area contributed by atoms with Gasteiger partial charge in [-0.3, -0.25) is 4.79 Å². The molecule has 1 rings (SSSR count). The Hall–Kier alpha value is -2.61. The Morgan fingerprint density at radius 2 is 1.94 bits per heavy atom. The molecule has 0 aromatic heterocycles. The normalized spacial score (nSPS) is 10.4. The van der Waals surface area contributed by atoms with Gasteiger partial charge in [0.25, 0.3) is 5.91 Å². The Morgan fingerprint density at radius 1 is 1.33 bits per heavy atom. The summed E-state index contributed by atoms with van der Waals surface area (Å²) >= 11 is 0. The molecule has 0 atom stereocenters. The van der Waals surface area contributed by atoms with Gasteiger partial charge in [-0.05, 0) is 23.8 Å². The molecule has 5 nitrogen and oxygen atoms in total. The fourth-order valence-electron chi connectivity index (χ4n) is 1.29. The average molecular weight is 244 g/mol. The molecule has 0 unspecified atom stereocenters.